The fourth-order valence-electron chi connectivity index (χ4n) is 2.36. The number of sulfonamides is 1. The first kappa shape index (κ1) is 14.5. The topological polar surface area (TPSA) is 55.2 Å². The molecule has 5 nitrogen and oxygen atoms in total. The van der Waals surface area contributed by atoms with Crippen molar-refractivity contribution >= 4 is 10.0 Å². The van der Waals surface area contributed by atoms with Crippen LogP contribution < -0.4 is 0 Å². The molecule has 1 aromatic heterocycles. The molecular weight excluding hydrogens is 269 g/mol. The van der Waals surface area contributed by atoms with E-state index in [1.54, 1.807) is 17.7 Å². The van der Waals surface area contributed by atoms with E-state index in [2.05, 4.69) is 4.98 Å². The summed E-state index contributed by atoms with van der Waals surface area (Å²) in [6, 6.07) is 0. The Hall–Kier alpha value is -0.950. The van der Waals surface area contributed by atoms with Crippen LogP contribution in [-0.2, 0) is 16.6 Å². The van der Waals surface area contributed by atoms with E-state index in [1.807, 2.05) is 6.92 Å². The van der Waals surface area contributed by atoms with Gasteiger partial charge in [0.25, 0.3) is 10.0 Å². The fraction of sp³-hybridized carbons (Fsp3) is 0.750. The second-order valence-electron chi connectivity index (χ2n) is 4.91. The molecule has 0 unspecified atom stereocenters. The predicted molar refractivity (Wildman–Crippen MR) is 70.1 cm³/mol. The predicted octanol–water partition coefficient (Wildman–Crippen LogP) is 1.58. The van der Waals surface area contributed by atoms with Crippen LogP contribution >= 0.6 is 0 Å². The lowest BCUT2D eigenvalue weighted by molar-refractivity contribution is 0.233. The van der Waals surface area contributed by atoms with Crippen molar-refractivity contribution in [2.45, 2.75) is 38.3 Å². The first-order valence-corrected chi connectivity index (χ1v) is 8.03. The van der Waals surface area contributed by atoms with E-state index in [0.717, 1.165) is 0 Å². The Morgan fingerprint density at radius 2 is 2.05 bits per heavy atom. The van der Waals surface area contributed by atoms with Crippen LogP contribution in [0.4, 0.5) is 4.39 Å². The van der Waals surface area contributed by atoms with Crippen LogP contribution in [0.25, 0.3) is 0 Å². The standard InChI is InChI=1S/C12H20FN3O2S/c1-3-15-9-12(14-10(15)2)19(17,18)16-6-4-11(8-13)5-7-16/h9,11H,3-8H2,1-2H3. The van der Waals surface area contributed by atoms with Gasteiger partial charge in [0.15, 0.2) is 5.03 Å². The maximum atomic E-state index is 12.5. The monoisotopic (exact) mass is 289 g/mol. The van der Waals surface area contributed by atoms with Gasteiger partial charge in [0.05, 0.1) is 6.67 Å². The van der Waals surface area contributed by atoms with E-state index in [4.69, 9.17) is 0 Å². The average Bonchev–Trinajstić information content (AvgIpc) is 2.81. The molecule has 0 amide bonds. The lowest BCUT2D eigenvalue weighted by Crippen LogP contribution is -2.39. The number of piperidine rings is 1. The summed E-state index contributed by atoms with van der Waals surface area (Å²) >= 11 is 0. The normalized spacial score (nSPS) is 18.9. The van der Waals surface area contributed by atoms with Crippen molar-refractivity contribution < 1.29 is 12.8 Å². The van der Waals surface area contributed by atoms with E-state index >= 15 is 0 Å². The number of nitrogens with zero attached hydrogens (tertiary/aromatic N) is 3. The van der Waals surface area contributed by atoms with Crippen molar-refractivity contribution in [3.05, 3.63) is 12.0 Å². The summed E-state index contributed by atoms with van der Waals surface area (Å²) in [6.45, 7) is 4.83. The zero-order valence-corrected chi connectivity index (χ0v) is 12.2. The lowest BCUT2D eigenvalue weighted by atomic mass is 10.0. The number of halogens is 1. The van der Waals surface area contributed by atoms with Crippen LogP contribution in [0.2, 0.25) is 0 Å². The Labute approximate surface area is 113 Å². The molecule has 0 saturated carbocycles. The van der Waals surface area contributed by atoms with Crippen molar-refractivity contribution in [3.8, 4) is 0 Å². The molecule has 19 heavy (non-hydrogen) atoms. The number of rotatable bonds is 4. The van der Waals surface area contributed by atoms with Crippen molar-refractivity contribution in [3.63, 3.8) is 0 Å². The highest BCUT2D eigenvalue weighted by Gasteiger charge is 2.31. The van der Waals surface area contributed by atoms with Crippen molar-refractivity contribution in [2.24, 2.45) is 5.92 Å². The molecule has 1 aliphatic rings. The molecule has 7 heteroatoms. The van der Waals surface area contributed by atoms with Crippen molar-refractivity contribution in [1.29, 1.82) is 0 Å². The SMILES string of the molecule is CCn1cc(S(=O)(=O)N2CCC(CF)CC2)nc1C. The Morgan fingerprint density at radius 1 is 1.42 bits per heavy atom. The van der Waals surface area contributed by atoms with Gasteiger partial charge in [0.1, 0.15) is 5.82 Å². The average molecular weight is 289 g/mol. The van der Waals surface area contributed by atoms with E-state index in [9.17, 15) is 12.8 Å². The zero-order valence-electron chi connectivity index (χ0n) is 11.3. The van der Waals surface area contributed by atoms with Crippen LogP contribution in [0.5, 0.6) is 0 Å². The van der Waals surface area contributed by atoms with Crippen LogP contribution in [0, 0.1) is 12.8 Å². The zero-order chi connectivity index (χ0) is 14.0. The van der Waals surface area contributed by atoms with Gasteiger partial charge in [-0.3, -0.25) is 4.39 Å². The van der Waals surface area contributed by atoms with Gasteiger partial charge in [0.2, 0.25) is 0 Å². The van der Waals surface area contributed by atoms with E-state index < -0.39 is 10.0 Å². The summed E-state index contributed by atoms with van der Waals surface area (Å²) in [4.78, 5) is 4.13. The van der Waals surface area contributed by atoms with Gasteiger partial charge < -0.3 is 4.57 Å². The fourth-order valence-corrected chi connectivity index (χ4v) is 3.82. The Bertz CT molecular complexity index is 533. The summed E-state index contributed by atoms with van der Waals surface area (Å²) in [5, 5.41) is 0.102. The molecule has 0 radical (unpaired) electrons. The maximum absolute atomic E-state index is 12.5. The molecule has 1 aromatic rings. The first-order chi connectivity index (χ1) is 8.98. The van der Waals surface area contributed by atoms with Crippen molar-refractivity contribution in [2.75, 3.05) is 19.8 Å². The van der Waals surface area contributed by atoms with Crippen LogP contribution in [0.15, 0.2) is 11.2 Å². The summed E-state index contributed by atoms with van der Waals surface area (Å²) in [7, 11) is -3.53. The third kappa shape index (κ3) is 2.81. The van der Waals surface area contributed by atoms with Gasteiger partial charge in [-0.15, -0.1) is 0 Å². The highest BCUT2D eigenvalue weighted by molar-refractivity contribution is 7.89. The minimum atomic E-state index is -3.53. The molecule has 0 spiro atoms. The summed E-state index contributed by atoms with van der Waals surface area (Å²) in [6.07, 6.45) is 2.75. The first-order valence-electron chi connectivity index (χ1n) is 6.59. The van der Waals surface area contributed by atoms with Crippen LogP contribution in [0.1, 0.15) is 25.6 Å². The third-order valence-electron chi connectivity index (χ3n) is 3.69. The van der Waals surface area contributed by atoms with Gasteiger partial charge in [0, 0.05) is 25.8 Å². The molecule has 1 fully saturated rings. The number of aromatic nitrogens is 2. The summed E-state index contributed by atoms with van der Waals surface area (Å²) in [5.74, 6) is 0.695. The summed E-state index contributed by atoms with van der Waals surface area (Å²) < 4.78 is 40.6. The molecule has 0 aromatic carbocycles. The van der Waals surface area contributed by atoms with Crippen molar-refractivity contribution in [1.82, 2.24) is 13.9 Å². The van der Waals surface area contributed by atoms with Crippen LogP contribution in [0.3, 0.4) is 0 Å². The van der Waals surface area contributed by atoms with Gasteiger partial charge in [-0.05, 0) is 32.6 Å². The van der Waals surface area contributed by atoms with E-state index in [1.165, 1.54) is 4.31 Å². The molecule has 2 rings (SSSR count). The largest absolute Gasteiger partial charge is 0.334 e. The van der Waals surface area contributed by atoms with Gasteiger partial charge in [-0.2, -0.15) is 4.31 Å². The maximum Gasteiger partial charge on any atom is 0.262 e. The van der Waals surface area contributed by atoms with Crippen LogP contribution in [-0.4, -0.2) is 42.0 Å². The number of imidazole rings is 1. The molecular formula is C12H20FN3O2S. The lowest BCUT2D eigenvalue weighted by Gasteiger charge is -2.29. The molecule has 0 aliphatic carbocycles. The smallest absolute Gasteiger partial charge is 0.262 e. The summed E-state index contributed by atoms with van der Waals surface area (Å²) in [5.41, 5.74) is 0. The molecule has 2 heterocycles. The van der Waals surface area contributed by atoms with Gasteiger partial charge >= 0.3 is 0 Å². The third-order valence-corrected chi connectivity index (χ3v) is 5.46. The molecule has 0 atom stereocenters. The Morgan fingerprint density at radius 3 is 2.53 bits per heavy atom. The second-order valence-corrected chi connectivity index (χ2v) is 6.80. The molecule has 0 bridgehead atoms. The molecule has 108 valence electrons. The molecule has 1 aliphatic heterocycles. The highest BCUT2D eigenvalue weighted by atomic mass is 32.2. The number of aryl methyl sites for hydroxylation is 2. The highest BCUT2D eigenvalue weighted by Crippen LogP contribution is 2.23. The molecule has 1 saturated heterocycles. The van der Waals surface area contributed by atoms with E-state index in [-0.39, 0.29) is 17.6 Å². The minimum Gasteiger partial charge on any atom is -0.334 e. The minimum absolute atomic E-state index is 0.00128. The van der Waals surface area contributed by atoms with Gasteiger partial charge in [-0.1, -0.05) is 0 Å². The number of hydrogen-bond acceptors (Lipinski definition) is 3. The number of alkyl halides is 1. The quantitative estimate of drug-likeness (QED) is 0.845. The number of hydrogen-bond donors (Lipinski definition) is 0. The molecule has 0 N–H and O–H groups in total. The van der Waals surface area contributed by atoms with E-state index in [0.29, 0.717) is 38.3 Å². The Balaban J connectivity index is 2.18. The Kier molecular flexibility index (Phi) is 4.25. The second kappa shape index (κ2) is 5.58. The van der Waals surface area contributed by atoms with Gasteiger partial charge in [-0.25, -0.2) is 13.4 Å².